The van der Waals surface area contributed by atoms with Crippen LogP contribution in [0.4, 0.5) is 23.3 Å². The summed E-state index contributed by atoms with van der Waals surface area (Å²) in [5.74, 6) is 1.60. The molecule has 0 atom stereocenters. The summed E-state index contributed by atoms with van der Waals surface area (Å²) in [7, 11) is 0. The summed E-state index contributed by atoms with van der Waals surface area (Å²) in [6.45, 7) is 2.82. The lowest BCUT2D eigenvalue weighted by Gasteiger charge is -2.15. The molecule has 0 saturated carbocycles. The Morgan fingerprint density at radius 1 is 1.19 bits per heavy atom. The number of nitrogens with zero attached hydrogens (tertiary/aromatic N) is 3. The third-order valence-corrected chi connectivity index (χ3v) is 3.95. The highest BCUT2D eigenvalue weighted by atomic mass is 16.5. The van der Waals surface area contributed by atoms with Crippen molar-refractivity contribution in [3.8, 4) is 6.01 Å². The fraction of sp³-hybridized carbons (Fsp3) is 0.211. The van der Waals surface area contributed by atoms with Crippen molar-refractivity contribution in [2.75, 3.05) is 22.6 Å². The first-order chi connectivity index (χ1) is 13.3. The third kappa shape index (κ3) is 4.17. The molecule has 0 fully saturated rings. The van der Waals surface area contributed by atoms with E-state index in [4.69, 9.17) is 9.15 Å². The molecule has 0 amide bonds. The molecule has 1 aliphatic heterocycles. The van der Waals surface area contributed by atoms with Gasteiger partial charge in [0.25, 0.3) is 0 Å². The van der Waals surface area contributed by atoms with Crippen molar-refractivity contribution >= 4 is 23.3 Å². The summed E-state index contributed by atoms with van der Waals surface area (Å²) < 4.78 is 10.8. The van der Waals surface area contributed by atoms with Crippen molar-refractivity contribution in [2.24, 2.45) is 0 Å². The average Bonchev–Trinajstić information content (AvgIpc) is 3.20. The second-order valence-electron chi connectivity index (χ2n) is 5.88. The molecule has 2 aromatic heterocycles. The van der Waals surface area contributed by atoms with Crippen LogP contribution in [0, 0.1) is 0 Å². The predicted molar refractivity (Wildman–Crippen MR) is 103 cm³/mol. The summed E-state index contributed by atoms with van der Waals surface area (Å²) in [6.07, 6.45) is 6.58. The van der Waals surface area contributed by atoms with Crippen molar-refractivity contribution in [1.82, 2.24) is 15.0 Å². The molecule has 0 saturated heterocycles. The molecule has 8 heteroatoms. The second kappa shape index (κ2) is 7.77. The largest absolute Gasteiger partial charge is 0.467 e. The van der Waals surface area contributed by atoms with Gasteiger partial charge in [0.15, 0.2) is 0 Å². The summed E-state index contributed by atoms with van der Waals surface area (Å²) in [4.78, 5) is 13.0. The van der Waals surface area contributed by atoms with E-state index in [1.54, 1.807) is 6.26 Å². The predicted octanol–water partition coefficient (Wildman–Crippen LogP) is 3.70. The first-order valence-corrected chi connectivity index (χ1v) is 8.77. The van der Waals surface area contributed by atoms with E-state index in [9.17, 15) is 0 Å². The van der Waals surface area contributed by atoms with Crippen LogP contribution in [0.25, 0.3) is 0 Å². The van der Waals surface area contributed by atoms with Crippen LogP contribution < -0.4 is 20.7 Å². The number of ether oxygens (including phenoxy) is 1. The number of anilines is 4. The number of allylic oxidation sites excluding steroid dienone is 1. The lowest BCUT2D eigenvalue weighted by atomic mass is 10.1. The van der Waals surface area contributed by atoms with Gasteiger partial charge in [-0.3, -0.25) is 0 Å². The first kappa shape index (κ1) is 16.9. The van der Waals surface area contributed by atoms with Crippen LogP contribution in [0.1, 0.15) is 18.2 Å². The minimum Gasteiger partial charge on any atom is -0.467 e. The normalized spacial score (nSPS) is 12.2. The molecule has 0 spiro atoms. The molecule has 1 aliphatic rings. The Balaban J connectivity index is 1.54. The van der Waals surface area contributed by atoms with Gasteiger partial charge in [-0.15, -0.1) is 0 Å². The van der Waals surface area contributed by atoms with Crippen LogP contribution in [0.2, 0.25) is 0 Å². The fourth-order valence-corrected chi connectivity index (χ4v) is 2.69. The highest BCUT2D eigenvalue weighted by molar-refractivity contribution is 5.67. The zero-order chi connectivity index (χ0) is 18.5. The Kier molecular flexibility index (Phi) is 4.86. The van der Waals surface area contributed by atoms with Gasteiger partial charge in [0.1, 0.15) is 5.76 Å². The maximum absolute atomic E-state index is 5.47. The van der Waals surface area contributed by atoms with E-state index in [0.717, 1.165) is 23.6 Å². The zero-order valence-electron chi connectivity index (χ0n) is 14.9. The molecule has 138 valence electrons. The minimum atomic E-state index is 0.260. The van der Waals surface area contributed by atoms with Crippen molar-refractivity contribution < 1.29 is 9.15 Å². The molecule has 0 bridgehead atoms. The Morgan fingerprint density at radius 2 is 2.11 bits per heavy atom. The average molecular weight is 364 g/mol. The fourth-order valence-electron chi connectivity index (χ4n) is 2.69. The van der Waals surface area contributed by atoms with E-state index >= 15 is 0 Å². The number of benzene rings is 1. The van der Waals surface area contributed by atoms with Gasteiger partial charge >= 0.3 is 6.01 Å². The van der Waals surface area contributed by atoms with Gasteiger partial charge in [-0.1, -0.05) is 12.1 Å². The molecule has 1 aromatic carbocycles. The Bertz CT molecular complexity index is 939. The Hall–Kier alpha value is -3.55. The van der Waals surface area contributed by atoms with E-state index < -0.39 is 0 Å². The van der Waals surface area contributed by atoms with Crippen LogP contribution in [0.3, 0.4) is 0 Å². The van der Waals surface area contributed by atoms with Gasteiger partial charge in [-0.25, -0.2) is 0 Å². The molecule has 0 unspecified atom stereocenters. The highest BCUT2D eigenvalue weighted by Crippen LogP contribution is 2.26. The molecule has 3 N–H and O–H groups in total. The number of hydrogen-bond acceptors (Lipinski definition) is 8. The standard InChI is InChI=1S/C19H20N6O2/c1-2-26-19-24-17(21-12-15-6-4-10-27-15)23-18(25-19)22-14-8-7-13-5-3-9-20-16(13)11-14/h3-4,6-11,20H,2,5,12H2,1H3,(H2,21,22,23,24,25). The second-order valence-corrected chi connectivity index (χ2v) is 5.88. The minimum absolute atomic E-state index is 0.260. The maximum Gasteiger partial charge on any atom is 0.323 e. The number of rotatable bonds is 7. The quantitative estimate of drug-likeness (QED) is 0.584. The van der Waals surface area contributed by atoms with Crippen molar-refractivity contribution in [3.63, 3.8) is 0 Å². The summed E-state index contributed by atoms with van der Waals surface area (Å²) in [5, 5.41) is 9.59. The number of nitrogens with one attached hydrogen (secondary N) is 3. The smallest absolute Gasteiger partial charge is 0.323 e. The van der Waals surface area contributed by atoms with Gasteiger partial charge in [0, 0.05) is 11.4 Å². The molecule has 3 heterocycles. The topological polar surface area (TPSA) is 97.1 Å². The van der Waals surface area contributed by atoms with Crippen LogP contribution in [-0.2, 0) is 13.0 Å². The summed E-state index contributed by atoms with van der Waals surface area (Å²) >= 11 is 0. The van der Waals surface area contributed by atoms with Gasteiger partial charge in [0.05, 0.1) is 19.4 Å². The van der Waals surface area contributed by atoms with E-state index in [2.05, 4.69) is 43.0 Å². The molecule has 27 heavy (non-hydrogen) atoms. The van der Waals surface area contributed by atoms with Crippen molar-refractivity contribution in [1.29, 1.82) is 0 Å². The zero-order valence-corrected chi connectivity index (χ0v) is 14.9. The Morgan fingerprint density at radius 3 is 2.96 bits per heavy atom. The molecular formula is C19H20N6O2. The molecule has 3 aromatic rings. The number of aromatic nitrogens is 3. The van der Waals surface area contributed by atoms with Gasteiger partial charge in [-0.05, 0) is 49.4 Å². The first-order valence-electron chi connectivity index (χ1n) is 8.77. The molecule has 0 radical (unpaired) electrons. The molecule has 4 rings (SSSR count). The van der Waals surface area contributed by atoms with E-state index in [0.29, 0.717) is 25.0 Å². The number of furan rings is 1. The maximum atomic E-state index is 5.47. The highest BCUT2D eigenvalue weighted by Gasteiger charge is 2.10. The Labute approximate surface area is 156 Å². The number of fused-ring (bicyclic) bond motifs is 1. The van der Waals surface area contributed by atoms with Crippen LogP contribution >= 0.6 is 0 Å². The van der Waals surface area contributed by atoms with Crippen LogP contribution in [0.15, 0.2) is 53.3 Å². The lowest BCUT2D eigenvalue weighted by Crippen LogP contribution is -2.09. The lowest BCUT2D eigenvalue weighted by molar-refractivity contribution is 0.312. The molecule has 0 aliphatic carbocycles. The van der Waals surface area contributed by atoms with Crippen LogP contribution in [-0.4, -0.2) is 21.6 Å². The van der Waals surface area contributed by atoms with Gasteiger partial charge in [0.2, 0.25) is 11.9 Å². The number of hydrogen-bond donors (Lipinski definition) is 3. The summed E-state index contributed by atoms with van der Waals surface area (Å²) in [5.41, 5.74) is 3.19. The third-order valence-electron chi connectivity index (χ3n) is 3.95. The van der Waals surface area contributed by atoms with Crippen molar-refractivity contribution in [2.45, 2.75) is 19.9 Å². The van der Waals surface area contributed by atoms with E-state index in [1.165, 1.54) is 5.56 Å². The van der Waals surface area contributed by atoms with Crippen LogP contribution in [0.5, 0.6) is 6.01 Å². The van der Waals surface area contributed by atoms with Gasteiger partial charge in [-0.2, -0.15) is 15.0 Å². The van der Waals surface area contributed by atoms with Crippen molar-refractivity contribution in [3.05, 3.63) is 60.2 Å². The SMILES string of the molecule is CCOc1nc(NCc2ccco2)nc(Nc2ccc3c(c2)NC=CC3)n1. The molecular weight excluding hydrogens is 344 g/mol. The monoisotopic (exact) mass is 364 g/mol. The molecule has 8 nitrogen and oxygen atoms in total. The summed E-state index contributed by atoms with van der Waals surface area (Å²) in [6, 6.07) is 10.1. The van der Waals surface area contributed by atoms with Gasteiger partial charge < -0.3 is 25.1 Å². The van der Waals surface area contributed by atoms with E-state index in [1.807, 2.05) is 37.4 Å². The van der Waals surface area contributed by atoms with E-state index in [-0.39, 0.29) is 6.01 Å².